The topological polar surface area (TPSA) is 90.8 Å². The first-order valence-corrected chi connectivity index (χ1v) is 11.4. The van der Waals surface area contributed by atoms with Crippen molar-refractivity contribution in [2.24, 2.45) is 10.4 Å². The molecule has 25 heavy (non-hydrogen) atoms. The van der Waals surface area contributed by atoms with Gasteiger partial charge in [0.1, 0.15) is 4.21 Å². The fourth-order valence-electron chi connectivity index (χ4n) is 2.94. The molecule has 8 heteroatoms. The Bertz CT molecular complexity index is 647. The Hall–Kier alpha value is -1.12. The van der Waals surface area contributed by atoms with Crippen LogP contribution < -0.4 is 10.6 Å². The minimum absolute atomic E-state index is 0.148. The first kappa shape index (κ1) is 20.2. The van der Waals surface area contributed by atoms with Gasteiger partial charge in [-0.05, 0) is 43.0 Å². The first-order chi connectivity index (χ1) is 11.9. The largest absolute Gasteiger partial charge is 0.390 e. The lowest BCUT2D eigenvalue weighted by molar-refractivity contribution is 0.139. The van der Waals surface area contributed by atoms with E-state index in [0.29, 0.717) is 22.1 Å². The van der Waals surface area contributed by atoms with E-state index in [2.05, 4.69) is 22.5 Å². The average molecular weight is 388 g/mol. The van der Waals surface area contributed by atoms with Crippen LogP contribution in [0.15, 0.2) is 26.7 Å². The molecule has 1 aromatic heterocycles. The Morgan fingerprint density at radius 3 is 2.68 bits per heavy atom. The molecule has 1 saturated carbocycles. The molecule has 1 unspecified atom stereocenters. The maximum Gasteiger partial charge on any atom is 0.191 e. The summed E-state index contributed by atoms with van der Waals surface area (Å²) in [6.45, 7) is 5.81. The van der Waals surface area contributed by atoms with Crippen molar-refractivity contribution in [2.45, 2.75) is 49.8 Å². The second kappa shape index (κ2) is 9.00. The number of aliphatic hydroxyl groups excluding tert-OH is 1. The third kappa shape index (κ3) is 5.69. The van der Waals surface area contributed by atoms with Gasteiger partial charge in [-0.2, -0.15) is 0 Å². The predicted molar refractivity (Wildman–Crippen MR) is 103 cm³/mol. The molecule has 1 heterocycles. The van der Waals surface area contributed by atoms with Crippen LogP contribution in [-0.4, -0.2) is 51.0 Å². The van der Waals surface area contributed by atoms with Crippen molar-refractivity contribution in [2.75, 3.05) is 25.4 Å². The van der Waals surface area contributed by atoms with Crippen molar-refractivity contribution < 1.29 is 13.5 Å². The van der Waals surface area contributed by atoms with Crippen LogP contribution in [0.5, 0.6) is 0 Å². The lowest BCUT2D eigenvalue weighted by Gasteiger charge is -2.40. The third-order valence-electron chi connectivity index (χ3n) is 4.80. The van der Waals surface area contributed by atoms with E-state index in [4.69, 9.17) is 0 Å². The highest BCUT2D eigenvalue weighted by Gasteiger charge is 2.34. The van der Waals surface area contributed by atoms with Crippen molar-refractivity contribution in [3.8, 4) is 0 Å². The van der Waals surface area contributed by atoms with Crippen LogP contribution in [0.4, 0.5) is 0 Å². The Kier molecular flexibility index (Phi) is 7.27. The highest BCUT2D eigenvalue weighted by atomic mass is 32.2. The van der Waals surface area contributed by atoms with Crippen molar-refractivity contribution in [3.05, 3.63) is 17.5 Å². The van der Waals surface area contributed by atoms with Crippen LogP contribution >= 0.6 is 11.3 Å². The fraction of sp³-hybridized carbons (Fsp3) is 0.706. The Morgan fingerprint density at radius 1 is 1.40 bits per heavy atom. The molecular formula is C17H29N3O3S2. The van der Waals surface area contributed by atoms with Gasteiger partial charge in [-0.3, -0.25) is 4.99 Å². The summed E-state index contributed by atoms with van der Waals surface area (Å²) in [5.41, 5.74) is 0.323. The van der Waals surface area contributed by atoms with Crippen LogP contribution in [0.25, 0.3) is 0 Å². The standard InChI is InChI=1S/C17H29N3O3S2/c1-3-17(8-6-9-17)13-20-16(18-4-2)19-11-14(21)12-25(22,23)15-7-5-10-24-15/h5,7,10,14,21H,3-4,6,8-9,11-13H2,1-2H3,(H2,18,19,20). The third-order valence-corrected chi connectivity index (χ3v) is 8.08. The van der Waals surface area contributed by atoms with Crippen LogP contribution in [0, 0.1) is 5.41 Å². The summed E-state index contributed by atoms with van der Waals surface area (Å²) in [5.74, 6) is 0.341. The second-order valence-electron chi connectivity index (χ2n) is 6.65. The van der Waals surface area contributed by atoms with Gasteiger partial charge in [-0.15, -0.1) is 11.3 Å². The number of hydrogen-bond acceptors (Lipinski definition) is 5. The normalized spacial score (nSPS) is 18.4. The summed E-state index contributed by atoms with van der Waals surface area (Å²) < 4.78 is 24.7. The molecule has 3 N–H and O–H groups in total. The van der Waals surface area contributed by atoms with E-state index < -0.39 is 15.9 Å². The van der Waals surface area contributed by atoms with E-state index in [0.717, 1.165) is 13.0 Å². The fourth-order valence-corrected chi connectivity index (χ4v) is 5.42. The van der Waals surface area contributed by atoms with E-state index in [-0.39, 0.29) is 12.3 Å². The summed E-state index contributed by atoms with van der Waals surface area (Å²) >= 11 is 1.17. The molecule has 1 aliphatic rings. The minimum atomic E-state index is -3.44. The Morgan fingerprint density at radius 2 is 2.16 bits per heavy atom. The van der Waals surface area contributed by atoms with Crippen molar-refractivity contribution in [3.63, 3.8) is 0 Å². The molecule has 2 rings (SSSR count). The van der Waals surface area contributed by atoms with Crippen LogP contribution in [0.2, 0.25) is 0 Å². The average Bonchev–Trinajstić information content (AvgIpc) is 3.06. The monoisotopic (exact) mass is 387 g/mol. The molecule has 1 aliphatic carbocycles. The van der Waals surface area contributed by atoms with E-state index in [1.165, 1.54) is 30.6 Å². The highest BCUT2D eigenvalue weighted by Crippen LogP contribution is 2.43. The zero-order valence-electron chi connectivity index (χ0n) is 15.0. The molecule has 1 fully saturated rings. The minimum Gasteiger partial charge on any atom is -0.390 e. The SMILES string of the molecule is CCNC(=NCC1(CC)CCC1)NCC(O)CS(=O)(=O)c1cccs1. The van der Waals surface area contributed by atoms with Gasteiger partial charge < -0.3 is 15.7 Å². The zero-order valence-corrected chi connectivity index (χ0v) is 16.6. The van der Waals surface area contributed by atoms with E-state index in [9.17, 15) is 13.5 Å². The summed E-state index contributed by atoms with van der Waals surface area (Å²) in [4.78, 5) is 4.63. The summed E-state index contributed by atoms with van der Waals surface area (Å²) in [6, 6.07) is 3.26. The molecule has 0 amide bonds. The molecule has 0 radical (unpaired) electrons. The lowest BCUT2D eigenvalue weighted by atomic mass is 9.67. The quantitative estimate of drug-likeness (QED) is 0.445. The Labute approximate surface area is 154 Å². The van der Waals surface area contributed by atoms with Crippen molar-refractivity contribution >= 4 is 27.1 Å². The molecule has 142 valence electrons. The van der Waals surface area contributed by atoms with Gasteiger partial charge in [0.15, 0.2) is 15.8 Å². The predicted octanol–water partition coefficient (Wildman–Crippen LogP) is 2.02. The number of nitrogens with zero attached hydrogens (tertiary/aromatic N) is 1. The summed E-state index contributed by atoms with van der Waals surface area (Å²) in [6.07, 6.45) is 3.84. The van der Waals surface area contributed by atoms with Gasteiger partial charge in [0.2, 0.25) is 0 Å². The smallest absolute Gasteiger partial charge is 0.191 e. The number of aliphatic imine (C=N–C) groups is 1. The molecular weight excluding hydrogens is 358 g/mol. The van der Waals surface area contributed by atoms with Gasteiger partial charge in [0, 0.05) is 19.6 Å². The van der Waals surface area contributed by atoms with Gasteiger partial charge in [0.25, 0.3) is 0 Å². The van der Waals surface area contributed by atoms with Gasteiger partial charge >= 0.3 is 0 Å². The van der Waals surface area contributed by atoms with Crippen LogP contribution in [0.3, 0.4) is 0 Å². The summed E-state index contributed by atoms with van der Waals surface area (Å²) in [7, 11) is -3.44. The number of rotatable bonds is 9. The van der Waals surface area contributed by atoms with Crippen LogP contribution in [0.1, 0.15) is 39.5 Å². The highest BCUT2D eigenvalue weighted by molar-refractivity contribution is 7.93. The van der Waals surface area contributed by atoms with Gasteiger partial charge in [0.05, 0.1) is 11.9 Å². The number of thiophene rings is 1. The molecule has 0 bridgehead atoms. The van der Waals surface area contributed by atoms with Crippen molar-refractivity contribution in [1.29, 1.82) is 0 Å². The molecule has 0 spiro atoms. The number of guanidine groups is 1. The first-order valence-electron chi connectivity index (χ1n) is 8.87. The van der Waals surface area contributed by atoms with Crippen molar-refractivity contribution in [1.82, 2.24) is 10.6 Å². The molecule has 0 saturated heterocycles. The lowest BCUT2D eigenvalue weighted by Crippen LogP contribution is -2.43. The molecule has 1 aromatic rings. The molecule has 0 aliphatic heterocycles. The number of nitrogens with one attached hydrogen (secondary N) is 2. The second-order valence-corrected chi connectivity index (χ2v) is 9.86. The van der Waals surface area contributed by atoms with E-state index >= 15 is 0 Å². The van der Waals surface area contributed by atoms with Crippen LogP contribution in [-0.2, 0) is 9.84 Å². The van der Waals surface area contributed by atoms with Gasteiger partial charge in [-0.1, -0.05) is 19.4 Å². The van der Waals surface area contributed by atoms with E-state index in [1.54, 1.807) is 17.5 Å². The number of sulfone groups is 1. The molecule has 0 aromatic carbocycles. The molecule has 1 atom stereocenters. The number of aliphatic hydroxyl groups is 1. The molecule has 6 nitrogen and oxygen atoms in total. The Balaban J connectivity index is 1.87. The summed E-state index contributed by atoms with van der Waals surface area (Å²) in [5, 5.41) is 18.0. The zero-order chi connectivity index (χ0) is 18.3. The van der Waals surface area contributed by atoms with E-state index in [1.807, 2.05) is 6.92 Å². The number of hydrogen-bond donors (Lipinski definition) is 3. The maximum atomic E-state index is 12.2. The maximum absolute atomic E-state index is 12.2. The van der Waals surface area contributed by atoms with Gasteiger partial charge in [-0.25, -0.2) is 8.42 Å².